The molecule has 0 bridgehead atoms. The molecule has 1 unspecified atom stereocenters. The Labute approximate surface area is 155 Å². The Morgan fingerprint density at radius 1 is 1.41 bits per heavy atom. The summed E-state index contributed by atoms with van der Waals surface area (Å²) in [5.74, 6) is 0.706. The fourth-order valence-electron chi connectivity index (χ4n) is 3.34. The number of nitrogens with one attached hydrogen (secondary N) is 2. The Bertz CT molecular complexity index is 908. The first-order valence-electron chi connectivity index (χ1n) is 8.85. The van der Waals surface area contributed by atoms with Crippen LogP contribution in [0.3, 0.4) is 0 Å². The van der Waals surface area contributed by atoms with Gasteiger partial charge in [-0.1, -0.05) is 12.1 Å². The Morgan fingerprint density at radius 3 is 3.15 bits per heavy atom. The van der Waals surface area contributed by atoms with Crippen molar-refractivity contribution in [3.63, 3.8) is 0 Å². The maximum atomic E-state index is 13.3. The molecule has 0 radical (unpaired) electrons. The minimum atomic E-state index is -0.278. The molecule has 2 N–H and O–H groups in total. The zero-order chi connectivity index (χ0) is 18.6. The number of likely N-dealkylation sites (tertiary alicyclic amines) is 1. The number of aromatic nitrogens is 5. The number of halogens is 1. The average molecular weight is 369 g/mol. The van der Waals surface area contributed by atoms with Crippen LogP contribution in [0.15, 0.2) is 43.0 Å². The van der Waals surface area contributed by atoms with Gasteiger partial charge in [0.25, 0.3) is 0 Å². The van der Waals surface area contributed by atoms with Crippen LogP contribution in [0.25, 0.3) is 0 Å². The molecule has 27 heavy (non-hydrogen) atoms. The summed E-state index contributed by atoms with van der Waals surface area (Å²) in [7, 11) is 0. The van der Waals surface area contributed by atoms with E-state index >= 15 is 0 Å². The van der Waals surface area contributed by atoms with E-state index in [9.17, 15) is 9.18 Å². The van der Waals surface area contributed by atoms with Crippen LogP contribution < -0.4 is 5.32 Å². The van der Waals surface area contributed by atoms with E-state index in [1.807, 2.05) is 6.07 Å². The number of nitrogens with zero attached hydrogens (tertiary/aromatic N) is 5. The normalized spacial score (nSPS) is 17.1. The number of carbonyl (C=O) groups is 1. The Hall–Kier alpha value is -3.23. The monoisotopic (exact) mass is 369 g/mol. The molecule has 1 aromatic carbocycles. The second-order valence-electron chi connectivity index (χ2n) is 6.64. The number of benzene rings is 1. The summed E-state index contributed by atoms with van der Waals surface area (Å²) >= 11 is 0. The number of carbonyl (C=O) groups excluding carboxylic acids is 1. The van der Waals surface area contributed by atoms with Gasteiger partial charge in [-0.25, -0.2) is 14.2 Å². The van der Waals surface area contributed by atoms with Crippen molar-refractivity contribution in [1.29, 1.82) is 0 Å². The van der Waals surface area contributed by atoms with Crippen LogP contribution in [-0.2, 0) is 6.54 Å². The van der Waals surface area contributed by atoms with Crippen LogP contribution in [0.5, 0.6) is 0 Å². The third-order valence-corrected chi connectivity index (χ3v) is 4.65. The Kier molecular flexibility index (Phi) is 4.82. The van der Waals surface area contributed by atoms with Crippen LogP contribution in [0.2, 0.25) is 0 Å². The fourth-order valence-corrected chi connectivity index (χ4v) is 3.34. The van der Waals surface area contributed by atoms with Gasteiger partial charge >= 0.3 is 6.03 Å². The van der Waals surface area contributed by atoms with Gasteiger partial charge < -0.3 is 10.2 Å². The van der Waals surface area contributed by atoms with Gasteiger partial charge in [-0.2, -0.15) is 10.2 Å². The van der Waals surface area contributed by atoms with Crippen molar-refractivity contribution in [2.24, 2.45) is 0 Å². The lowest BCUT2D eigenvalue weighted by molar-refractivity contribution is 0.191. The molecular weight excluding hydrogens is 349 g/mol. The van der Waals surface area contributed by atoms with Gasteiger partial charge in [0, 0.05) is 25.2 Å². The molecule has 2 aromatic heterocycles. The second kappa shape index (κ2) is 7.56. The molecule has 0 spiro atoms. The van der Waals surface area contributed by atoms with E-state index in [1.54, 1.807) is 28.0 Å². The van der Waals surface area contributed by atoms with E-state index in [1.165, 1.54) is 18.5 Å². The molecule has 140 valence electrons. The lowest BCUT2D eigenvalue weighted by atomic mass is 9.98. The maximum absolute atomic E-state index is 13.3. The Morgan fingerprint density at radius 2 is 2.33 bits per heavy atom. The van der Waals surface area contributed by atoms with E-state index in [2.05, 4.69) is 25.6 Å². The summed E-state index contributed by atoms with van der Waals surface area (Å²) in [5, 5.41) is 13.9. The molecule has 3 aromatic rings. The van der Waals surface area contributed by atoms with Crippen molar-refractivity contribution in [2.75, 3.05) is 18.4 Å². The van der Waals surface area contributed by atoms with E-state index in [-0.39, 0.29) is 17.8 Å². The highest BCUT2D eigenvalue weighted by Gasteiger charge is 2.26. The van der Waals surface area contributed by atoms with Crippen LogP contribution in [0.4, 0.5) is 14.9 Å². The van der Waals surface area contributed by atoms with Crippen LogP contribution in [-0.4, -0.2) is 49.0 Å². The molecule has 9 heteroatoms. The summed E-state index contributed by atoms with van der Waals surface area (Å²) in [5.41, 5.74) is 1.42. The number of H-pyrrole nitrogens is 1. The minimum Gasteiger partial charge on any atom is -0.324 e. The lowest BCUT2D eigenvalue weighted by Crippen LogP contribution is -2.41. The number of piperidine rings is 1. The molecule has 1 atom stereocenters. The molecule has 1 aliphatic rings. The number of rotatable bonds is 4. The quantitative estimate of drug-likeness (QED) is 0.739. The summed E-state index contributed by atoms with van der Waals surface area (Å²) in [4.78, 5) is 18.6. The highest BCUT2D eigenvalue weighted by molar-refractivity contribution is 5.89. The average Bonchev–Trinajstić information content (AvgIpc) is 3.34. The molecular formula is C18H20FN7O. The van der Waals surface area contributed by atoms with E-state index < -0.39 is 0 Å². The molecule has 2 amide bonds. The smallest absolute Gasteiger partial charge is 0.321 e. The van der Waals surface area contributed by atoms with Gasteiger partial charge in [0.05, 0.1) is 18.4 Å². The van der Waals surface area contributed by atoms with Crippen molar-refractivity contribution in [2.45, 2.75) is 25.3 Å². The third kappa shape index (κ3) is 4.13. The fraction of sp³-hybridized carbons (Fsp3) is 0.333. The molecule has 0 saturated carbocycles. The number of amides is 2. The number of hydrogen-bond donors (Lipinski definition) is 2. The van der Waals surface area contributed by atoms with Crippen molar-refractivity contribution >= 4 is 11.7 Å². The van der Waals surface area contributed by atoms with Crippen molar-refractivity contribution in [3.05, 3.63) is 60.2 Å². The number of urea groups is 1. The molecule has 1 fully saturated rings. The lowest BCUT2D eigenvalue weighted by Gasteiger charge is -2.31. The highest BCUT2D eigenvalue weighted by Crippen LogP contribution is 2.24. The van der Waals surface area contributed by atoms with Crippen LogP contribution in [0, 0.1) is 5.82 Å². The zero-order valence-corrected chi connectivity index (χ0v) is 14.7. The van der Waals surface area contributed by atoms with Gasteiger partial charge in [-0.3, -0.25) is 9.78 Å². The molecule has 3 heterocycles. The summed E-state index contributed by atoms with van der Waals surface area (Å²) in [6, 6.07) is 6.21. The van der Waals surface area contributed by atoms with Gasteiger partial charge in [0.15, 0.2) is 0 Å². The van der Waals surface area contributed by atoms with Gasteiger partial charge in [-0.05, 0) is 30.5 Å². The van der Waals surface area contributed by atoms with Crippen molar-refractivity contribution < 1.29 is 9.18 Å². The summed E-state index contributed by atoms with van der Waals surface area (Å²) < 4.78 is 14.9. The minimum absolute atomic E-state index is 0.162. The first kappa shape index (κ1) is 17.2. The molecule has 1 aliphatic heterocycles. The first-order chi connectivity index (χ1) is 13.2. The summed E-state index contributed by atoms with van der Waals surface area (Å²) in [6.45, 7) is 1.73. The molecule has 1 saturated heterocycles. The topological polar surface area (TPSA) is 91.7 Å². The van der Waals surface area contributed by atoms with Crippen LogP contribution >= 0.6 is 0 Å². The number of hydrogen-bond acceptors (Lipinski definition) is 4. The van der Waals surface area contributed by atoms with E-state index in [0.717, 1.165) is 24.2 Å². The number of anilines is 1. The van der Waals surface area contributed by atoms with Crippen LogP contribution in [0.1, 0.15) is 30.1 Å². The number of aromatic amines is 1. The van der Waals surface area contributed by atoms with Crippen molar-refractivity contribution in [3.8, 4) is 0 Å². The van der Waals surface area contributed by atoms with Crippen molar-refractivity contribution in [1.82, 2.24) is 29.9 Å². The highest BCUT2D eigenvalue weighted by atomic mass is 19.1. The van der Waals surface area contributed by atoms with E-state index in [4.69, 9.17) is 0 Å². The van der Waals surface area contributed by atoms with Gasteiger partial charge in [0.1, 0.15) is 18.0 Å². The largest absolute Gasteiger partial charge is 0.324 e. The predicted molar refractivity (Wildman–Crippen MR) is 96.7 cm³/mol. The molecule has 8 nitrogen and oxygen atoms in total. The Balaban J connectivity index is 1.36. The molecule has 4 rings (SSSR count). The van der Waals surface area contributed by atoms with Gasteiger partial charge in [-0.15, -0.1) is 0 Å². The second-order valence-corrected chi connectivity index (χ2v) is 6.64. The SMILES string of the molecule is O=C(Nc1cnn(Cc2cccc(F)c2)c1)N1CCCC(c2ncn[nH]2)C1. The first-order valence-corrected chi connectivity index (χ1v) is 8.85. The third-order valence-electron chi connectivity index (χ3n) is 4.65. The van der Waals surface area contributed by atoms with Gasteiger partial charge in [0.2, 0.25) is 0 Å². The standard InChI is InChI=1S/C18H20FN7O/c19-15-5-1-3-13(7-15)9-26-11-16(8-22-26)23-18(27)25-6-2-4-14(10-25)17-20-12-21-24-17/h1,3,5,7-8,11-12,14H,2,4,6,9-10H2,(H,23,27)(H,20,21,24). The zero-order valence-electron chi connectivity index (χ0n) is 14.7. The maximum Gasteiger partial charge on any atom is 0.321 e. The predicted octanol–water partition coefficient (Wildman–Crippen LogP) is 2.60. The van der Waals surface area contributed by atoms with E-state index in [0.29, 0.717) is 25.3 Å². The summed E-state index contributed by atoms with van der Waals surface area (Å²) in [6.07, 6.45) is 6.71. The molecule has 0 aliphatic carbocycles.